The molecule has 26 heavy (non-hydrogen) atoms. The van der Waals surface area contributed by atoms with Gasteiger partial charge in [-0.25, -0.2) is 9.59 Å². The van der Waals surface area contributed by atoms with E-state index in [4.69, 9.17) is 19.1 Å². The average Bonchev–Trinajstić information content (AvgIpc) is 2.64. The molecule has 0 amide bonds. The van der Waals surface area contributed by atoms with Crippen LogP contribution in [0.4, 0.5) is 0 Å². The second kappa shape index (κ2) is 12.4. The highest BCUT2D eigenvalue weighted by Gasteiger charge is 2.16. The predicted octanol–water partition coefficient (Wildman–Crippen LogP) is 2.34. The number of hydrogen-bond donors (Lipinski definition) is 0. The quantitative estimate of drug-likeness (QED) is 0.541. The SMILES string of the molecule is COC(=O)COc1ccc(C/C(C(=O)OC)=C(/C)C(C)C)cc1.O=C=O. The van der Waals surface area contributed by atoms with Crippen molar-refractivity contribution in [2.24, 2.45) is 5.92 Å². The first kappa shape index (κ1) is 23.1. The van der Waals surface area contributed by atoms with Crippen LogP contribution in [0.25, 0.3) is 0 Å². The largest absolute Gasteiger partial charge is 0.482 e. The third-order valence-corrected chi connectivity index (χ3v) is 3.66. The van der Waals surface area contributed by atoms with Crippen LogP contribution in [0.2, 0.25) is 0 Å². The molecule has 7 nitrogen and oxygen atoms in total. The molecule has 0 aliphatic heterocycles. The fourth-order valence-corrected chi connectivity index (χ4v) is 1.95. The molecule has 1 aromatic carbocycles. The summed E-state index contributed by atoms with van der Waals surface area (Å²) < 4.78 is 14.7. The van der Waals surface area contributed by atoms with E-state index in [1.807, 2.05) is 32.9 Å². The van der Waals surface area contributed by atoms with Gasteiger partial charge in [0.15, 0.2) is 6.61 Å². The number of rotatable bonds is 7. The van der Waals surface area contributed by atoms with Crippen molar-refractivity contribution in [1.82, 2.24) is 0 Å². The highest BCUT2D eigenvalue weighted by molar-refractivity contribution is 5.89. The second-order valence-corrected chi connectivity index (χ2v) is 5.58. The molecule has 0 fully saturated rings. The molecule has 0 bridgehead atoms. The van der Waals surface area contributed by atoms with E-state index in [-0.39, 0.29) is 24.6 Å². The van der Waals surface area contributed by atoms with Crippen LogP contribution in [0.1, 0.15) is 26.3 Å². The van der Waals surface area contributed by atoms with Crippen LogP contribution in [-0.2, 0) is 35.1 Å². The fourth-order valence-electron chi connectivity index (χ4n) is 1.95. The van der Waals surface area contributed by atoms with Gasteiger partial charge in [0.2, 0.25) is 0 Å². The minimum absolute atomic E-state index is 0.129. The first-order valence-electron chi connectivity index (χ1n) is 7.86. The molecule has 0 saturated heterocycles. The lowest BCUT2D eigenvalue weighted by molar-refractivity contribution is -0.191. The summed E-state index contributed by atoms with van der Waals surface area (Å²) in [6.07, 6.45) is 0.744. The molecule has 7 heteroatoms. The van der Waals surface area contributed by atoms with Crippen molar-refractivity contribution in [3.63, 3.8) is 0 Å². The molecule has 0 aliphatic carbocycles. The van der Waals surface area contributed by atoms with Gasteiger partial charge in [0, 0.05) is 12.0 Å². The standard InChI is InChI=1S/C18H24O5.CO2/c1-12(2)13(3)16(18(20)22-5)10-14-6-8-15(9-7-14)23-11-17(19)21-4;2-1-3/h6-9,12H,10-11H2,1-5H3;/b16-13+;. The molecule has 0 aromatic heterocycles. The van der Waals surface area contributed by atoms with Crippen molar-refractivity contribution in [1.29, 1.82) is 0 Å². The van der Waals surface area contributed by atoms with Crippen LogP contribution in [0.3, 0.4) is 0 Å². The molecule has 0 atom stereocenters. The van der Waals surface area contributed by atoms with Crippen molar-refractivity contribution in [2.45, 2.75) is 27.2 Å². The van der Waals surface area contributed by atoms with Gasteiger partial charge in [-0.15, -0.1) is 0 Å². The minimum atomic E-state index is -0.433. The zero-order valence-electron chi connectivity index (χ0n) is 15.7. The van der Waals surface area contributed by atoms with Gasteiger partial charge in [0.1, 0.15) is 5.75 Å². The molecule has 0 heterocycles. The molecule has 0 radical (unpaired) electrons. The molecular formula is C19H24O7. The molecule has 0 spiro atoms. The van der Waals surface area contributed by atoms with Crippen molar-refractivity contribution >= 4 is 18.1 Å². The van der Waals surface area contributed by atoms with E-state index in [0.717, 1.165) is 11.1 Å². The number of methoxy groups -OCH3 is 2. The maximum absolute atomic E-state index is 12.0. The number of allylic oxidation sites excluding steroid dienone is 1. The molecular weight excluding hydrogens is 340 g/mol. The van der Waals surface area contributed by atoms with Gasteiger partial charge >= 0.3 is 18.1 Å². The summed E-state index contributed by atoms with van der Waals surface area (Å²) >= 11 is 0. The predicted molar refractivity (Wildman–Crippen MR) is 92.2 cm³/mol. The third kappa shape index (κ3) is 8.26. The molecule has 1 rings (SSSR count). The van der Waals surface area contributed by atoms with E-state index in [9.17, 15) is 9.59 Å². The third-order valence-electron chi connectivity index (χ3n) is 3.66. The number of carbonyl (C=O) groups is 2. The number of hydrogen-bond acceptors (Lipinski definition) is 7. The number of benzene rings is 1. The molecule has 0 N–H and O–H groups in total. The summed E-state index contributed by atoms with van der Waals surface area (Å²) in [5.74, 6) is 0.106. The Morgan fingerprint density at radius 2 is 1.58 bits per heavy atom. The van der Waals surface area contributed by atoms with E-state index in [1.54, 1.807) is 12.1 Å². The highest BCUT2D eigenvalue weighted by atomic mass is 16.6. The summed E-state index contributed by atoms with van der Waals surface area (Å²) in [6.45, 7) is 5.91. The van der Waals surface area contributed by atoms with Crippen LogP contribution < -0.4 is 4.74 Å². The smallest absolute Gasteiger partial charge is 0.373 e. The van der Waals surface area contributed by atoms with Crippen LogP contribution in [0, 0.1) is 5.92 Å². The van der Waals surface area contributed by atoms with Crippen LogP contribution in [-0.4, -0.2) is 38.9 Å². The van der Waals surface area contributed by atoms with Crippen molar-refractivity contribution in [2.75, 3.05) is 20.8 Å². The number of ether oxygens (including phenoxy) is 3. The average molecular weight is 364 g/mol. The van der Waals surface area contributed by atoms with Crippen LogP contribution in [0.5, 0.6) is 5.75 Å². The number of esters is 2. The minimum Gasteiger partial charge on any atom is -0.482 e. The molecule has 142 valence electrons. The molecule has 0 saturated carbocycles. The molecule has 1 aromatic rings. The van der Waals surface area contributed by atoms with Gasteiger partial charge in [-0.05, 0) is 30.5 Å². The van der Waals surface area contributed by atoms with Crippen molar-refractivity contribution in [3.05, 3.63) is 41.0 Å². The van der Waals surface area contributed by atoms with E-state index in [1.165, 1.54) is 14.2 Å². The topological polar surface area (TPSA) is 96.0 Å². The van der Waals surface area contributed by atoms with E-state index in [0.29, 0.717) is 17.7 Å². The first-order chi connectivity index (χ1) is 12.3. The Morgan fingerprint density at radius 1 is 1.04 bits per heavy atom. The molecule has 0 aliphatic rings. The van der Waals surface area contributed by atoms with E-state index < -0.39 is 5.97 Å². The summed E-state index contributed by atoms with van der Waals surface area (Å²) in [5.41, 5.74) is 2.66. The van der Waals surface area contributed by atoms with E-state index >= 15 is 0 Å². The highest BCUT2D eigenvalue weighted by Crippen LogP contribution is 2.21. The lowest BCUT2D eigenvalue weighted by Gasteiger charge is -2.14. The van der Waals surface area contributed by atoms with Crippen molar-refractivity contribution in [3.8, 4) is 5.75 Å². The lowest BCUT2D eigenvalue weighted by atomic mass is 9.94. The molecule has 0 unspecified atom stereocenters. The summed E-state index contributed by atoms with van der Waals surface area (Å²) in [7, 11) is 2.70. The van der Waals surface area contributed by atoms with Gasteiger partial charge in [-0.2, -0.15) is 9.59 Å². The Bertz CT molecular complexity index is 651. The second-order valence-electron chi connectivity index (χ2n) is 5.58. The Kier molecular flexibility index (Phi) is 11.0. The van der Waals surface area contributed by atoms with Gasteiger partial charge in [-0.3, -0.25) is 0 Å². The Hall–Kier alpha value is -2.92. The van der Waals surface area contributed by atoms with Gasteiger partial charge in [-0.1, -0.05) is 31.6 Å². The maximum Gasteiger partial charge on any atom is 0.373 e. The Balaban J connectivity index is 0.00000194. The zero-order chi connectivity index (χ0) is 20.1. The lowest BCUT2D eigenvalue weighted by Crippen LogP contribution is -2.13. The summed E-state index contributed by atoms with van der Waals surface area (Å²) in [6, 6.07) is 7.25. The fraction of sp³-hybridized carbons (Fsp3) is 0.421. The van der Waals surface area contributed by atoms with E-state index in [2.05, 4.69) is 4.74 Å². The monoisotopic (exact) mass is 364 g/mol. The first-order valence-corrected chi connectivity index (χ1v) is 7.86. The van der Waals surface area contributed by atoms with Gasteiger partial charge in [0.25, 0.3) is 0 Å². The summed E-state index contributed by atoms with van der Waals surface area (Å²) in [4.78, 5) is 39.3. The maximum atomic E-state index is 12.0. The Labute approximate surface area is 152 Å². The Morgan fingerprint density at radius 3 is 2.00 bits per heavy atom. The van der Waals surface area contributed by atoms with Crippen molar-refractivity contribution < 1.29 is 33.4 Å². The normalized spacial score (nSPS) is 10.7. The summed E-state index contributed by atoms with van der Waals surface area (Å²) in [5, 5.41) is 0. The number of carbonyl (C=O) groups excluding carboxylic acids is 4. The van der Waals surface area contributed by atoms with Crippen LogP contribution >= 0.6 is 0 Å². The van der Waals surface area contributed by atoms with Gasteiger partial charge in [0.05, 0.1) is 14.2 Å². The zero-order valence-corrected chi connectivity index (χ0v) is 15.7. The van der Waals surface area contributed by atoms with Gasteiger partial charge < -0.3 is 14.2 Å². The van der Waals surface area contributed by atoms with Crippen LogP contribution in [0.15, 0.2) is 35.4 Å².